The van der Waals surface area contributed by atoms with Gasteiger partial charge in [-0.05, 0) is 38.8 Å². The van der Waals surface area contributed by atoms with Gasteiger partial charge in [-0.1, -0.05) is 38.5 Å². The molecule has 0 aliphatic carbocycles. The van der Waals surface area contributed by atoms with Crippen LogP contribution in [0.1, 0.15) is 50.5 Å². The molecule has 0 aliphatic heterocycles. The lowest BCUT2D eigenvalue weighted by Gasteiger charge is -2.20. The molecule has 2 aromatic heterocycles. The van der Waals surface area contributed by atoms with Crippen molar-refractivity contribution >= 4 is 16.7 Å². The smallest absolute Gasteiger partial charge is 0.281 e. The summed E-state index contributed by atoms with van der Waals surface area (Å²) >= 11 is 0. The van der Waals surface area contributed by atoms with E-state index in [2.05, 4.69) is 17.3 Å². The van der Waals surface area contributed by atoms with E-state index in [1.807, 2.05) is 55.7 Å². The number of amides is 1. The second-order valence-electron chi connectivity index (χ2n) is 7.10. The number of nitrogens with zero attached hydrogens (tertiary/aromatic N) is 3. The van der Waals surface area contributed by atoms with Gasteiger partial charge >= 0.3 is 0 Å². The number of unbranched alkanes of at least 4 members (excludes halogenated alkanes) is 1. The van der Waals surface area contributed by atoms with Crippen LogP contribution in [0.15, 0.2) is 41.3 Å². The van der Waals surface area contributed by atoms with Crippen LogP contribution in [0.4, 0.5) is 0 Å². The average Bonchev–Trinajstić information content (AvgIpc) is 2.95. The monoisotopic (exact) mass is 380 g/mol. The van der Waals surface area contributed by atoms with E-state index in [0.29, 0.717) is 18.4 Å². The molecular weight excluding hydrogens is 352 g/mol. The van der Waals surface area contributed by atoms with Gasteiger partial charge in [0.25, 0.3) is 5.56 Å². The van der Waals surface area contributed by atoms with Crippen molar-refractivity contribution in [1.29, 1.82) is 0 Å². The summed E-state index contributed by atoms with van der Waals surface area (Å²) < 4.78 is 3.41. The summed E-state index contributed by atoms with van der Waals surface area (Å²) in [5.74, 6) is -0.00111. The van der Waals surface area contributed by atoms with Gasteiger partial charge in [-0.3, -0.25) is 9.59 Å². The van der Waals surface area contributed by atoms with Gasteiger partial charge in [0.1, 0.15) is 6.04 Å². The zero-order chi connectivity index (χ0) is 20.3. The van der Waals surface area contributed by atoms with Gasteiger partial charge in [0.15, 0.2) is 0 Å². The van der Waals surface area contributed by atoms with Gasteiger partial charge in [0.2, 0.25) is 5.91 Å². The molecule has 1 amide bonds. The molecule has 0 bridgehead atoms. The second kappa shape index (κ2) is 8.42. The fourth-order valence-corrected chi connectivity index (χ4v) is 3.79. The lowest BCUT2D eigenvalue weighted by molar-refractivity contribution is -0.124. The summed E-state index contributed by atoms with van der Waals surface area (Å²) in [6.07, 6.45) is 4.37. The van der Waals surface area contributed by atoms with Gasteiger partial charge in [-0.15, -0.1) is 0 Å². The van der Waals surface area contributed by atoms with E-state index in [1.54, 1.807) is 6.20 Å². The molecule has 2 heterocycles. The van der Waals surface area contributed by atoms with E-state index in [4.69, 9.17) is 0 Å². The molecule has 3 aromatic rings. The maximum Gasteiger partial charge on any atom is 0.281 e. The molecule has 0 spiro atoms. The molecular formula is C22H28N4O2. The second-order valence-corrected chi connectivity index (χ2v) is 7.10. The van der Waals surface area contributed by atoms with Crippen molar-refractivity contribution in [2.24, 2.45) is 0 Å². The van der Waals surface area contributed by atoms with Gasteiger partial charge in [0, 0.05) is 23.3 Å². The maximum atomic E-state index is 13.2. The molecule has 1 aromatic carbocycles. The summed E-state index contributed by atoms with van der Waals surface area (Å²) in [5.41, 5.74) is 2.27. The zero-order valence-electron chi connectivity index (χ0n) is 17.0. The summed E-state index contributed by atoms with van der Waals surface area (Å²) in [5, 5.41) is 8.82. The van der Waals surface area contributed by atoms with Crippen molar-refractivity contribution < 1.29 is 4.79 Å². The third-order valence-electron chi connectivity index (χ3n) is 5.28. The minimum atomic E-state index is -0.339. The first-order chi connectivity index (χ1) is 13.5. The van der Waals surface area contributed by atoms with Crippen molar-refractivity contribution in [2.75, 3.05) is 6.54 Å². The number of fused-ring (bicyclic) bond motifs is 1. The molecule has 1 unspecified atom stereocenters. The standard InChI is InChI=1S/C22H28N4O2/c1-5-7-13-23-21(27)19(6-2)25-15(3)18-14-24-26(17-11-9-8-10-12-17)22(28)20(18)16(25)4/h8-12,14,19H,5-7,13H2,1-4H3,(H,23,27). The number of carbonyl (C=O) groups is 1. The Morgan fingerprint density at radius 1 is 1.14 bits per heavy atom. The van der Waals surface area contributed by atoms with E-state index in [-0.39, 0.29) is 17.5 Å². The molecule has 3 rings (SSSR count). The van der Waals surface area contributed by atoms with E-state index in [1.165, 1.54) is 4.68 Å². The van der Waals surface area contributed by atoms with Crippen molar-refractivity contribution in [1.82, 2.24) is 19.7 Å². The van der Waals surface area contributed by atoms with Crippen LogP contribution in [-0.2, 0) is 4.79 Å². The number of carbonyl (C=O) groups excluding carboxylic acids is 1. The van der Waals surface area contributed by atoms with Gasteiger partial charge in [0.05, 0.1) is 17.3 Å². The zero-order valence-corrected chi connectivity index (χ0v) is 17.0. The van der Waals surface area contributed by atoms with E-state index in [9.17, 15) is 9.59 Å². The predicted octanol–water partition coefficient (Wildman–Crippen LogP) is 3.67. The maximum absolute atomic E-state index is 13.2. The third kappa shape index (κ3) is 3.46. The number of para-hydroxylation sites is 1. The number of benzene rings is 1. The SMILES string of the molecule is CCCCNC(=O)C(CC)n1c(C)c2cnn(-c3ccccc3)c(=O)c2c1C. The normalized spacial score (nSPS) is 12.3. The number of hydrogen-bond donors (Lipinski definition) is 1. The van der Waals surface area contributed by atoms with E-state index < -0.39 is 0 Å². The van der Waals surface area contributed by atoms with E-state index in [0.717, 1.165) is 35.3 Å². The average molecular weight is 380 g/mol. The summed E-state index contributed by atoms with van der Waals surface area (Å²) in [6.45, 7) is 8.63. The minimum absolute atomic E-state index is 0.00111. The van der Waals surface area contributed by atoms with Crippen LogP contribution in [0.2, 0.25) is 0 Å². The van der Waals surface area contributed by atoms with Crippen LogP contribution in [0, 0.1) is 13.8 Å². The number of nitrogens with one attached hydrogen (secondary N) is 1. The summed E-state index contributed by atoms with van der Waals surface area (Å²) in [4.78, 5) is 26.0. The lowest BCUT2D eigenvalue weighted by Crippen LogP contribution is -2.33. The van der Waals surface area contributed by atoms with Gasteiger partial charge < -0.3 is 9.88 Å². The molecule has 6 nitrogen and oxygen atoms in total. The molecule has 1 N–H and O–H groups in total. The summed E-state index contributed by atoms with van der Waals surface area (Å²) in [7, 11) is 0. The summed E-state index contributed by atoms with van der Waals surface area (Å²) in [6, 6.07) is 9.04. The van der Waals surface area contributed by atoms with Gasteiger partial charge in [-0.2, -0.15) is 9.78 Å². The molecule has 148 valence electrons. The quantitative estimate of drug-likeness (QED) is 0.636. The lowest BCUT2D eigenvalue weighted by atomic mass is 10.2. The first kappa shape index (κ1) is 19.9. The van der Waals surface area contributed by atoms with Crippen LogP contribution in [0.3, 0.4) is 0 Å². The molecule has 1 atom stereocenters. The van der Waals surface area contributed by atoms with Crippen LogP contribution in [0.5, 0.6) is 0 Å². The molecule has 28 heavy (non-hydrogen) atoms. The van der Waals surface area contributed by atoms with Gasteiger partial charge in [-0.25, -0.2) is 0 Å². The molecule has 0 saturated carbocycles. The Hall–Kier alpha value is -2.89. The number of rotatable bonds is 7. The van der Waals surface area contributed by atoms with Crippen molar-refractivity contribution in [2.45, 2.75) is 53.0 Å². The number of hydrogen-bond acceptors (Lipinski definition) is 3. The Morgan fingerprint density at radius 2 is 1.86 bits per heavy atom. The highest BCUT2D eigenvalue weighted by molar-refractivity contribution is 5.89. The first-order valence-corrected chi connectivity index (χ1v) is 9.93. The molecule has 0 fully saturated rings. The van der Waals surface area contributed by atoms with Crippen LogP contribution < -0.4 is 10.9 Å². The molecule has 6 heteroatoms. The topological polar surface area (TPSA) is 68.9 Å². The first-order valence-electron chi connectivity index (χ1n) is 9.93. The highest BCUT2D eigenvalue weighted by Gasteiger charge is 2.25. The number of aromatic nitrogens is 3. The highest BCUT2D eigenvalue weighted by atomic mass is 16.2. The Morgan fingerprint density at radius 3 is 2.50 bits per heavy atom. The Kier molecular flexibility index (Phi) is 5.97. The molecule has 0 aliphatic rings. The highest BCUT2D eigenvalue weighted by Crippen LogP contribution is 2.27. The fraction of sp³-hybridized carbons (Fsp3) is 0.409. The van der Waals surface area contributed by atoms with Crippen molar-refractivity contribution in [3.8, 4) is 5.69 Å². The Labute approximate surface area is 165 Å². The molecule has 0 radical (unpaired) electrons. The third-order valence-corrected chi connectivity index (χ3v) is 5.28. The van der Waals surface area contributed by atoms with Crippen LogP contribution in [-0.4, -0.2) is 26.8 Å². The minimum Gasteiger partial charge on any atom is -0.354 e. The Bertz CT molecular complexity index is 1030. The van der Waals surface area contributed by atoms with Crippen molar-refractivity contribution in [3.63, 3.8) is 0 Å². The van der Waals surface area contributed by atoms with Crippen LogP contribution in [0.25, 0.3) is 16.5 Å². The van der Waals surface area contributed by atoms with Crippen LogP contribution >= 0.6 is 0 Å². The van der Waals surface area contributed by atoms with E-state index >= 15 is 0 Å². The largest absolute Gasteiger partial charge is 0.354 e. The van der Waals surface area contributed by atoms with Crippen molar-refractivity contribution in [3.05, 3.63) is 58.3 Å². The fourth-order valence-electron chi connectivity index (χ4n) is 3.79. The molecule has 0 saturated heterocycles. The predicted molar refractivity (Wildman–Crippen MR) is 112 cm³/mol. The Balaban J connectivity index is 2.11. The number of aryl methyl sites for hydroxylation is 2.